The molecule has 20 heavy (non-hydrogen) atoms. The zero-order valence-corrected chi connectivity index (χ0v) is 11.8. The predicted molar refractivity (Wildman–Crippen MR) is 70.4 cm³/mol. The number of carbonyl (C=O) groups is 1. The third-order valence-corrected chi connectivity index (χ3v) is 3.88. The zero-order valence-electron chi connectivity index (χ0n) is 10.2. The van der Waals surface area contributed by atoms with Crippen LogP contribution in [0.2, 0.25) is 5.02 Å². The molecule has 1 aromatic carbocycles. The van der Waals surface area contributed by atoms with E-state index in [1.54, 1.807) is 0 Å². The second kappa shape index (κ2) is 5.73. The molecule has 0 aliphatic rings. The Morgan fingerprint density at radius 2 is 2.10 bits per heavy atom. The first-order chi connectivity index (χ1) is 9.04. The Morgan fingerprint density at radius 1 is 1.55 bits per heavy atom. The number of halogens is 1. The number of rotatable bonds is 5. The summed E-state index contributed by atoms with van der Waals surface area (Å²) in [6.07, 6.45) is 0.304. The van der Waals surface area contributed by atoms with E-state index in [1.165, 1.54) is 0 Å². The van der Waals surface area contributed by atoms with Crippen LogP contribution in [0.3, 0.4) is 0 Å². The summed E-state index contributed by atoms with van der Waals surface area (Å²) in [6, 6.07) is 0.619. The van der Waals surface area contributed by atoms with Crippen LogP contribution in [0.1, 0.15) is 18.0 Å². The standard InChI is InChI=1S/C10H11ClN2O6S/c1-20(18,19)5-2-6(11)10(7(12)4-9(14)15)8(3-5)13(16)17/h2-3,7H,4,12H2,1H3,(H,14,15). The average Bonchev–Trinajstić information content (AvgIpc) is 2.24. The van der Waals surface area contributed by atoms with Gasteiger partial charge in [0.05, 0.1) is 26.8 Å². The van der Waals surface area contributed by atoms with Gasteiger partial charge in [-0.2, -0.15) is 0 Å². The number of carboxylic acid groups (broad SMARTS) is 1. The Hall–Kier alpha value is -1.71. The lowest BCUT2D eigenvalue weighted by Crippen LogP contribution is -2.17. The van der Waals surface area contributed by atoms with Crippen molar-refractivity contribution >= 4 is 33.1 Å². The highest BCUT2D eigenvalue weighted by atomic mass is 35.5. The summed E-state index contributed by atoms with van der Waals surface area (Å²) >= 11 is 5.82. The van der Waals surface area contributed by atoms with E-state index in [-0.39, 0.29) is 15.5 Å². The number of hydrogen-bond acceptors (Lipinski definition) is 6. The summed E-state index contributed by atoms with van der Waals surface area (Å²) in [6.45, 7) is 0. The van der Waals surface area contributed by atoms with Gasteiger partial charge in [0.15, 0.2) is 9.84 Å². The molecule has 1 rings (SSSR count). The summed E-state index contributed by atoms with van der Waals surface area (Å²) in [5, 5.41) is 19.4. The minimum atomic E-state index is -3.69. The fraction of sp³-hybridized carbons (Fsp3) is 0.300. The molecular weight excluding hydrogens is 312 g/mol. The van der Waals surface area contributed by atoms with E-state index >= 15 is 0 Å². The smallest absolute Gasteiger partial charge is 0.305 e. The summed E-state index contributed by atoms with van der Waals surface area (Å²) in [5.74, 6) is -1.25. The lowest BCUT2D eigenvalue weighted by atomic mass is 10.0. The van der Waals surface area contributed by atoms with Gasteiger partial charge in [-0.15, -0.1) is 0 Å². The molecular formula is C10H11ClN2O6S. The first kappa shape index (κ1) is 16.3. The van der Waals surface area contributed by atoms with Crippen LogP contribution in [0.15, 0.2) is 17.0 Å². The highest BCUT2D eigenvalue weighted by Crippen LogP contribution is 2.35. The molecule has 0 amide bonds. The van der Waals surface area contributed by atoms with Gasteiger partial charge in [-0.1, -0.05) is 11.6 Å². The number of nitrogens with two attached hydrogens (primary N) is 1. The molecule has 0 radical (unpaired) electrons. The van der Waals surface area contributed by atoms with E-state index in [2.05, 4.69) is 0 Å². The molecule has 0 aromatic heterocycles. The molecule has 1 atom stereocenters. The second-order valence-corrected chi connectivity index (χ2v) is 6.49. The molecule has 0 aliphatic carbocycles. The summed E-state index contributed by atoms with van der Waals surface area (Å²) in [7, 11) is -3.69. The Morgan fingerprint density at radius 3 is 2.50 bits per heavy atom. The van der Waals surface area contributed by atoms with Crippen LogP contribution in [0, 0.1) is 10.1 Å². The SMILES string of the molecule is CS(=O)(=O)c1cc(Cl)c(C(N)CC(=O)O)c([N+](=O)[O-])c1. The van der Waals surface area contributed by atoms with Crippen molar-refractivity contribution in [3.05, 3.63) is 32.8 Å². The van der Waals surface area contributed by atoms with Gasteiger partial charge in [0, 0.05) is 18.4 Å². The Bertz CT molecular complexity index is 673. The lowest BCUT2D eigenvalue weighted by molar-refractivity contribution is -0.385. The van der Waals surface area contributed by atoms with Crippen LogP contribution in [-0.2, 0) is 14.6 Å². The Balaban J connectivity index is 3.53. The van der Waals surface area contributed by atoms with E-state index < -0.39 is 38.9 Å². The highest BCUT2D eigenvalue weighted by molar-refractivity contribution is 7.90. The van der Waals surface area contributed by atoms with E-state index in [0.717, 1.165) is 18.4 Å². The van der Waals surface area contributed by atoms with Gasteiger partial charge in [-0.3, -0.25) is 14.9 Å². The number of benzene rings is 1. The van der Waals surface area contributed by atoms with Crippen LogP contribution < -0.4 is 5.73 Å². The van der Waals surface area contributed by atoms with Crippen molar-refractivity contribution in [3.8, 4) is 0 Å². The van der Waals surface area contributed by atoms with Crippen molar-refractivity contribution in [1.82, 2.24) is 0 Å². The van der Waals surface area contributed by atoms with Gasteiger partial charge in [0.2, 0.25) is 0 Å². The monoisotopic (exact) mass is 322 g/mol. The van der Waals surface area contributed by atoms with Gasteiger partial charge in [0.1, 0.15) is 0 Å². The molecule has 8 nitrogen and oxygen atoms in total. The molecule has 0 bridgehead atoms. The number of nitro benzene ring substituents is 1. The first-order valence-electron chi connectivity index (χ1n) is 5.19. The molecule has 1 aromatic rings. The van der Waals surface area contributed by atoms with Gasteiger partial charge >= 0.3 is 5.97 Å². The van der Waals surface area contributed by atoms with Gasteiger partial charge in [0.25, 0.3) is 5.69 Å². The summed E-state index contributed by atoms with van der Waals surface area (Å²) in [4.78, 5) is 20.4. The van der Waals surface area contributed by atoms with Gasteiger partial charge in [-0.05, 0) is 6.07 Å². The number of nitro groups is 1. The Kier molecular flexibility index (Phi) is 4.69. The van der Waals surface area contributed by atoms with Crippen LogP contribution in [0.5, 0.6) is 0 Å². The number of hydrogen-bond donors (Lipinski definition) is 2. The van der Waals surface area contributed by atoms with Crippen LogP contribution in [-0.4, -0.2) is 30.7 Å². The topological polar surface area (TPSA) is 141 Å². The number of nitrogens with zero attached hydrogens (tertiary/aromatic N) is 1. The molecule has 1 unspecified atom stereocenters. The second-order valence-electron chi connectivity index (χ2n) is 4.07. The maximum atomic E-state index is 11.4. The van der Waals surface area contributed by atoms with Crippen LogP contribution in [0.4, 0.5) is 5.69 Å². The van der Waals surface area contributed by atoms with Crippen LogP contribution >= 0.6 is 11.6 Å². The Labute approximate surface area is 119 Å². The molecule has 10 heteroatoms. The quantitative estimate of drug-likeness (QED) is 0.611. The average molecular weight is 323 g/mol. The maximum Gasteiger partial charge on any atom is 0.305 e. The lowest BCUT2D eigenvalue weighted by Gasteiger charge is -2.13. The van der Waals surface area contributed by atoms with Gasteiger partial charge < -0.3 is 10.8 Å². The van der Waals surface area contributed by atoms with E-state index in [9.17, 15) is 23.3 Å². The normalized spacial score (nSPS) is 12.9. The molecule has 0 saturated carbocycles. The fourth-order valence-corrected chi connectivity index (χ4v) is 2.68. The first-order valence-corrected chi connectivity index (χ1v) is 7.46. The molecule has 0 spiro atoms. The van der Waals surface area contributed by atoms with E-state index in [4.69, 9.17) is 22.4 Å². The number of carboxylic acids is 1. The minimum Gasteiger partial charge on any atom is -0.481 e. The van der Waals surface area contributed by atoms with Crippen molar-refractivity contribution in [2.24, 2.45) is 5.73 Å². The van der Waals surface area contributed by atoms with Crippen molar-refractivity contribution in [1.29, 1.82) is 0 Å². The predicted octanol–water partition coefficient (Wildman–Crippen LogP) is 1.13. The zero-order chi connectivity index (χ0) is 15.7. The molecule has 3 N–H and O–H groups in total. The van der Waals surface area contributed by atoms with Crippen molar-refractivity contribution in [3.63, 3.8) is 0 Å². The minimum absolute atomic E-state index is 0.202. The van der Waals surface area contributed by atoms with Crippen molar-refractivity contribution < 1.29 is 23.2 Å². The molecule has 0 fully saturated rings. The summed E-state index contributed by atoms with van der Waals surface area (Å²) < 4.78 is 22.8. The number of aliphatic carboxylic acids is 1. The molecule has 0 saturated heterocycles. The third kappa shape index (κ3) is 3.65. The molecule has 110 valence electrons. The third-order valence-electron chi connectivity index (χ3n) is 2.47. The highest BCUT2D eigenvalue weighted by Gasteiger charge is 2.27. The molecule has 0 aliphatic heterocycles. The molecule has 0 heterocycles. The van der Waals surface area contributed by atoms with E-state index in [0.29, 0.717) is 0 Å². The maximum absolute atomic E-state index is 11.4. The van der Waals surface area contributed by atoms with Crippen molar-refractivity contribution in [2.45, 2.75) is 17.4 Å². The van der Waals surface area contributed by atoms with Crippen LogP contribution in [0.25, 0.3) is 0 Å². The largest absolute Gasteiger partial charge is 0.481 e. The fourth-order valence-electron chi connectivity index (χ4n) is 1.60. The summed E-state index contributed by atoms with van der Waals surface area (Å²) in [5.41, 5.74) is 4.75. The van der Waals surface area contributed by atoms with E-state index in [1.807, 2.05) is 0 Å². The van der Waals surface area contributed by atoms with Gasteiger partial charge in [-0.25, -0.2) is 8.42 Å². The number of sulfone groups is 1. The van der Waals surface area contributed by atoms with Crippen molar-refractivity contribution in [2.75, 3.05) is 6.26 Å².